The fraction of sp³-hybridized carbons (Fsp3) is 0.462. The van der Waals surface area contributed by atoms with E-state index < -0.39 is 21.9 Å². The van der Waals surface area contributed by atoms with Gasteiger partial charge in [0.15, 0.2) is 0 Å². The zero-order valence-electron chi connectivity index (χ0n) is 11.5. The van der Waals surface area contributed by atoms with Crippen molar-refractivity contribution in [2.45, 2.75) is 6.04 Å². The Morgan fingerprint density at radius 2 is 1.95 bits per heavy atom. The Morgan fingerprint density at radius 1 is 1.33 bits per heavy atom. The molecule has 0 saturated carbocycles. The summed E-state index contributed by atoms with van der Waals surface area (Å²) in [6.07, 6.45) is 1.15. The van der Waals surface area contributed by atoms with Crippen LogP contribution in [0.5, 0.6) is 0 Å². The SMILES string of the molecule is CS(=O)(=O)N1CCN(C(C#N)c2c(F)cccc2Cl)CC1. The summed E-state index contributed by atoms with van der Waals surface area (Å²) in [6.45, 7) is 1.28. The summed E-state index contributed by atoms with van der Waals surface area (Å²) < 4.78 is 38.2. The maximum Gasteiger partial charge on any atom is 0.211 e. The van der Waals surface area contributed by atoms with E-state index in [4.69, 9.17) is 11.6 Å². The highest BCUT2D eigenvalue weighted by Crippen LogP contribution is 2.30. The van der Waals surface area contributed by atoms with Gasteiger partial charge in [-0.05, 0) is 12.1 Å². The van der Waals surface area contributed by atoms with Crippen LogP contribution in [0.15, 0.2) is 18.2 Å². The lowest BCUT2D eigenvalue weighted by Gasteiger charge is -2.36. The topological polar surface area (TPSA) is 64.4 Å². The van der Waals surface area contributed by atoms with Crippen molar-refractivity contribution in [1.29, 1.82) is 5.26 Å². The van der Waals surface area contributed by atoms with E-state index in [-0.39, 0.29) is 23.7 Å². The largest absolute Gasteiger partial charge is 0.282 e. The standard InChI is InChI=1S/C13H15ClFN3O2S/c1-21(19,20)18-7-5-17(6-8-18)12(9-16)13-10(14)3-2-4-11(13)15/h2-4,12H,5-8H2,1H3. The van der Waals surface area contributed by atoms with Gasteiger partial charge in [-0.2, -0.15) is 9.57 Å². The molecule has 1 aliphatic rings. The number of nitrogens with zero attached hydrogens (tertiary/aromatic N) is 3. The van der Waals surface area contributed by atoms with E-state index in [0.29, 0.717) is 13.1 Å². The van der Waals surface area contributed by atoms with Crippen LogP contribution in [0.25, 0.3) is 0 Å². The molecule has 1 saturated heterocycles. The van der Waals surface area contributed by atoms with Crippen molar-refractivity contribution in [2.75, 3.05) is 32.4 Å². The molecule has 0 spiro atoms. The third-order valence-corrected chi connectivity index (χ3v) is 5.14. The molecule has 0 amide bonds. The average Bonchev–Trinajstić information content (AvgIpc) is 2.42. The van der Waals surface area contributed by atoms with Crippen molar-refractivity contribution in [2.24, 2.45) is 0 Å². The highest BCUT2D eigenvalue weighted by molar-refractivity contribution is 7.88. The third kappa shape index (κ3) is 3.52. The van der Waals surface area contributed by atoms with E-state index >= 15 is 0 Å². The number of rotatable bonds is 3. The lowest BCUT2D eigenvalue weighted by molar-refractivity contribution is 0.161. The van der Waals surface area contributed by atoms with Crippen molar-refractivity contribution in [3.05, 3.63) is 34.6 Å². The van der Waals surface area contributed by atoms with Crippen LogP contribution in [0.1, 0.15) is 11.6 Å². The molecular formula is C13H15ClFN3O2S. The highest BCUT2D eigenvalue weighted by atomic mass is 35.5. The Bertz CT molecular complexity index is 646. The summed E-state index contributed by atoms with van der Waals surface area (Å²) in [5.41, 5.74) is 0.148. The molecule has 8 heteroatoms. The van der Waals surface area contributed by atoms with Gasteiger partial charge in [0.1, 0.15) is 11.9 Å². The maximum absolute atomic E-state index is 13.9. The minimum absolute atomic E-state index is 0.148. The Balaban J connectivity index is 2.20. The van der Waals surface area contributed by atoms with Crippen LogP contribution in [0.4, 0.5) is 4.39 Å². The van der Waals surface area contributed by atoms with Gasteiger partial charge in [-0.3, -0.25) is 4.90 Å². The van der Waals surface area contributed by atoms with Crippen LogP contribution in [-0.2, 0) is 10.0 Å². The first-order valence-electron chi connectivity index (χ1n) is 6.37. The van der Waals surface area contributed by atoms with E-state index in [9.17, 15) is 18.1 Å². The average molecular weight is 332 g/mol. The quantitative estimate of drug-likeness (QED) is 0.844. The van der Waals surface area contributed by atoms with Crippen molar-refractivity contribution in [3.63, 3.8) is 0 Å². The molecule has 0 bridgehead atoms. The molecule has 0 aliphatic carbocycles. The molecule has 5 nitrogen and oxygen atoms in total. The second kappa shape index (κ2) is 6.28. The smallest absolute Gasteiger partial charge is 0.211 e. The van der Waals surface area contributed by atoms with E-state index in [0.717, 1.165) is 6.26 Å². The molecule has 1 unspecified atom stereocenters. The Morgan fingerprint density at radius 3 is 2.43 bits per heavy atom. The van der Waals surface area contributed by atoms with E-state index in [1.54, 1.807) is 4.90 Å². The number of benzene rings is 1. The maximum atomic E-state index is 13.9. The molecule has 2 rings (SSSR count). The third-order valence-electron chi connectivity index (χ3n) is 3.50. The Kier molecular flexibility index (Phi) is 4.84. The highest BCUT2D eigenvalue weighted by Gasteiger charge is 2.30. The van der Waals surface area contributed by atoms with E-state index in [1.165, 1.54) is 22.5 Å². The van der Waals surface area contributed by atoms with Gasteiger partial charge in [0.25, 0.3) is 0 Å². The summed E-state index contributed by atoms with van der Waals surface area (Å²) in [5.74, 6) is -0.528. The lowest BCUT2D eigenvalue weighted by atomic mass is 10.0. The molecule has 1 aliphatic heterocycles. The molecule has 1 aromatic rings. The summed E-state index contributed by atoms with van der Waals surface area (Å²) in [7, 11) is -3.24. The van der Waals surface area contributed by atoms with Gasteiger partial charge in [0.05, 0.1) is 12.3 Å². The molecule has 0 aromatic heterocycles. The van der Waals surface area contributed by atoms with Crippen LogP contribution in [-0.4, -0.2) is 50.1 Å². The molecule has 21 heavy (non-hydrogen) atoms. The van der Waals surface area contributed by atoms with Crippen molar-refractivity contribution in [3.8, 4) is 6.07 Å². The summed E-state index contributed by atoms with van der Waals surface area (Å²) >= 11 is 6.00. The zero-order valence-corrected chi connectivity index (χ0v) is 13.0. The molecule has 0 N–H and O–H groups in total. The van der Waals surface area contributed by atoms with Crippen LogP contribution in [0.3, 0.4) is 0 Å². The van der Waals surface area contributed by atoms with E-state index in [2.05, 4.69) is 6.07 Å². The first kappa shape index (κ1) is 16.2. The lowest BCUT2D eigenvalue weighted by Crippen LogP contribution is -2.49. The fourth-order valence-corrected chi connectivity index (χ4v) is 3.49. The molecule has 1 fully saturated rings. The monoisotopic (exact) mass is 331 g/mol. The number of hydrogen-bond acceptors (Lipinski definition) is 4. The first-order chi connectivity index (χ1) is 9.84. The van der Waals surface area contributed by atoms with Crippen LogP contribution >= 0.6 is 11.6 Å². The van der Waals surface area contributed by atoms with Gasteiger partial charge in [-0.15, -0.1) is 0 Å². The zero-order chi connectivity index (χ0) is 15.6. The second-order valence-electron chi connectivity index (χ2n) is 4.86. The summed E-state index contributed by atoms with van der Waals surface area (Å²) in [5, 5.41) is 9.56. The summed E-state index contributed by atoms with van der Waals surface area (Å²) in [6, 6.07) is 5.52. The fourth-order valence-electron chi connectivity index (χ4n) is 2.39. The van der Waals surface area contributed by atoms with Crippen molar-refractivity contribution < 1.29 is 12.8 Å². The van der Waals surface area contributed by atoms with Crippen LogP contribution in [0.2, 0.25) is 5.02 Å². The number of piperazine rings is 1. The second-order valence-corrected chi connectivity index (χ2v) is 7.25. The number of sulfonamides is 1. The van der Waals surface area contributed by atoms with Gasteiger partial charge in [0.2, 0.25) is 10.0 Å². The van der Waals surface area contributed by atoms with Crippen molar-refractivity contribution in [1.82, 2.24) is 9.21 Å². The predicted molar refractivity (Wildman–Crippen MR) is 77.8 cm³/mol. The minimum Gasteiger partial charge on any atom is -0.282 e. The summed E-state index contributed by atoms with van der Waals surface area (Å²) in [4.78, 5) is 1.74. The van der Waals surface area contributed by atoms with Gasteiger partial charge in [-0.1, -0.05) is 17.7 Å². The number of halogens is 2. The number of hydrogen-bond donors (Lipinski definition) is 0. The molecular weight excluding hydrogens is 317 g/mol. The number of nitriles is 1. The Labute approximate surface area is 128 Å². The van der Waals surface area contributed by atoms with Gasteiger partial charge in [0, 0.05) is 36.8 Å². The molecule has 1 atom stereocenters. The molecule has 1 aromatic carbocycles. The predicted octanol–water partition coefficient (Wildman–Crippen LogP) is 1.62. The van der Waals surface area contributed by atoms with E-state index in [1.807, 2.05) is 0 Å². The Hall–Kier alpha value is -1.20. The van der Waals surface area contributed by atoms with Gasteiger partial charge < -0.3 is 0 Å². The van der Waals surface area contributed by atoms with Gasteiger partial charge >= 0.3 is 0 Å². The molecule has 1 heterocycles. The first-order valence-corrected chi connectivity index (χ1v) is 8.60. The molecule has 0 radical (unpaired) electrons. The minimum atomic E-state index is -3.24. The van der Waals surface area contributed by atoms with Crippen molar-refractivity contribution >= 4 is 21.6 Å². The van der Waals surface area contributed by atoms with Gasteiger partial charge in [-0.25, -0.2) is 12.8 Å². The van der Waals surface area contributed by atoms with Crippen LogP contribution < -0.4 is 0 Å². The van der Waals surface area contributed by atoms with Crippen LogP contribution in [0, 0.1) is 17.1 Å². The normalized spacial score (nSPS) is 19.1. The molecule has 114 valence electrons.